The molecular weight excluding hydrogens is 270 g/mol. The molecule has 3 N–H and O–H groups in total. The van der Waals surface area contributed by atoms with Gasteiger partial charge in [0.15, 0.2) is 0 Å². The molecule has 0 aromatic heterocycles. The van der Waals surface area contributed by atoms with Crippen molar-refractivity contribution in [2.75, 3.05) is 31.9 Å². The first-order chi connectivity index (χ1) is 8.71. The molecule has 0 atom stereocenters. The van der Waals surface area contributed by atoms with Crippen molar-refractivity contribution in [1.29, 1.82) is 0 Å². The van der Waals surface area contributed by atoms with Crippen LogP contribution in [0.25, 0.3) is 0 Å². The van der Waals surface area contributed by atoms with Gasteiger partial charge in [-0.05, 0) is 13.8 Å². The summed E-state index contributed by atoms with van der Waals surface area (Å²) in [4.78, 5) is 36.4. The van der Waals surface area contributed by atoms with Gasteiger partial charge in [-0.25, -0.2) is 4.79 Å². The fourth-order valence-corrected chi connectivity index (χ4v) is 3.03. The fourth-order valence-electron chi connectivity index (χ4n) is 1.92. The second-order valence-corrected chi connectivity index (χ2v) is 6.83. The first-order valence-electron chi connectivity index (χ1n) is 5.89. The highest BCUT2D eigenvalue weighted by molar-refractivity contribution is 8.00. The minimum absolute atomic E-state index is 0.0739. The molecule has 1 aliphatic heterocycles. The molecular formula is C11H19N3O4S. The summed E-state index contributed by atoms with van der Waals surface area (Å²) < 4.78 is -0.0739. The number of carboxylic acids is 1. The van der Waals surface area contributed by atoms with E-state index in [4.69, 9.17) is 10.8 Å². The van der Waals surface area contributed by atoms with E-state index in [1.165, 1.54) is 0 Å². The molecule has 1 rings (SSSR count). The fraction of sp³-hybridized carbons (Fsp3) is 0.727. The Morgan fingerprint density at radius 2 is 2.00 bits per heavy atom. The Bertz CT molecular complexity index is 370. The van der Waals surface area contributed by atoms with Crippen molar-refractivity contribution in [3.05, 3.63) is 0 Å². The van der Waals surface area contributed by atoms with Gasteiger partial charge in [0, 0.05) is 23.6 Å². The number of amides is 3. The van der Waals surface area contributed by atoms with Crippen molar-refractivity contribution in [3.63, 3.8) is 0 Å². The summed E-state index contributed by atoms with van der Waals surface area (Å²) in [5, 5.41) is 8.78. The van der Waals surface area contributed by atoms with E-state index in [1.54, 1.807) is 16.7 Å². The van der Waals surface area contributed by atoms with E-state index in [0.717, 1.165) is 10.7 Å². The van der Waals surface area contributed by atoms with Crippen LogP contribution in [-0.4, -0.2) is 69.5 Å². The molecule has 0 spiro atoms. The van der Waals surface area contributed by atoms with Crippen LogP contribution in [0.5, 0.6) is 0 Å². The monoisotopic (exact) mass is 289 g/mol. The highest BCUT2D eigenvalue weighted by atomic mass is 32.2. The predicted octanol–water partition coefficient (Wildman–Crippen LogP) is -0.194. The number of nitrogens with two attached hydrogens (primary N) is 1. The number of rotatable bonds is 4. The summed E-state index contributed by atoms with van der Waals surface area (Å²) in [6.45, 7) is 4.20. The molecule has 1 heterocycles. The second-order valence-electron chi connectivity index (χ2n) is 5.03. The maximum absolute atomic E-state index is 12.2. The molecule has 8 heteroatoms. The summed E-state index contributed by atoms with van der Waals surface area (Å²) in [6, 6.07) is -0.449. The Labute approximate surface area is 116 Å². The van der Waals surface area contributed by atoms with Crippen molar-refractivity contribution in [1.82, 2.24) is 9.80 Å². The van der Waals surface area contributed by atoms with Crippen LogP contribution in [-0.2, 0) is 9.59 Å². The van der Waals surface area contributed by atoms with E-state index in [0.29, 0.717) is 13.1 Å². The predicted molar refractivity (Wildman–Crippen MR) is 71.9 cm³/mol. The third-order valence-electron chi connectivity index (χ3n) is 2.64. The molecule has 3 amide bonds. The average Bonchev–Trinajstić information content (AvgIpc) is 2.24. The van der Waals surface area contributed by atoms with Gasteiger partial charge in [-0.1, -0.05) is 0 Å². The largest absolute Gasteiger partial charge is 0.480 e. The summed E-state index contributed by atoms with van der Waals surface area (Å²) >= 11 is 1.76. The number of thioether (sulfide) groups is 1. The van der Waals surface area contributed by atoms with Gasteiger partial charge < -0.3 is 20.6 Å². The Kier molecular flexibility index (Phi) is 5.04. The number of aliphatic carboxylic acids is 1. The molecule has 0 radical (unpaired) electrons. The highest BCUT2D eigenvalue weighted by Crippen LogP contribution is 2.29. The SMILES string of the molecule is CC1(C)CN(C(=O)N(CC(N)=O)CC(=O)O)CCS1. The Hall–Kier alpha value is -1.44. The van der Waals surface area contributed by atoms with Gasteiger partial charge in [0.25, 0.3) is 0 Å². The average molecular weight is 289 g/mol. The first-order valence-corrected chi connectivity index (χ1v) is 6.88. The lowest BCUT2D eigenvalue weighted by Gasteiger charge is -2.39. The number of nitrogens with zero attached hydrogens (tertiary/aromatic N) is 2. The minimum Gasteiger partial charge on any atom is -0.480 e. The van der Waals surface area contributed by atoms with Crippen LogP contribution in [0.2, 0.25) is 0 Å². The van der Waals surface area contributed by atoms with Crippen molar-refractivity contribution >= 4 is 29.7 Å². The van der Waals surface area contributed by atoms with Crippen molar-refractivity contribution in [2.24, 2.45) is 5.73 Å². The van der Waals surface area contributed by atoms with Crippen LogP contribution in [0.1, 0.15) is 13.8 Å². The lowest BCUT2D eigenvalue weighted by Crippen LogP contribution is -2.53. The number of hydrogen-bond acceptors (Lipinski definition) is 4. The summed E-state index contributed by atoms with van der Waals surface area (Å²) in [6.07, 6.45) is 0. The van der Waals surface area contributed by atoms with Gasteiger partial charge in [-0.15, -0.1) is 0 Å². The summed E-state index contributed by atoms with van der Waals surface area (Å²) in [5.74, 6) is -1.10. The number of carbonyl (C=O) groups excluding carboxylic acids is 2. The summed E-state index contributed by atoms with van der Waals surface area (Å²) in [7, 11) is 0. The van der Waals surface area contributed by atoms with E-state index in [9.17, 15) is 14.4 Å². The van der Waals surface area contributed by atoms with Gasteiger partial charge in [-0.2, -0.15) is 11.8 Å². The Morgan fingerprint density at radius 1 is 1.37 bits per heavy atom. The number of hydrogen-bond donors (Lipinski definition) is 2. The van der Waals surface area contributed by atoms with Crippen LogP contribution in [0.3, 0.4) is 0 Å². The molecule has 108 valence electrons. The van der Waals surface area contributed by atoms with Crippen molar-refractivity contribution in [3.8, 4) is 0 Å². The quantitative estimate of drug-likeness (QED) is 0.746. The molecule has 0 saturated carbocycles. The van der Waals surface area contributed by atoms with E-state index >= 15 is 0 Å². The molecule has 0 aromatic rings. The normalized spacial score (nSPS) is 17.9. The number of primary amides is 1. The number of carbonyl (C=O) groups is 3. The van der Waals surface area contributed by atoms with Crippen molar-refractivity contribution in [2.45, 2.75) is 18.6 Å². The van der Waals surface area contributed by atoms with Gasteiger partial charge in [0.05, 0.1) is 0 Å². The lowest BCUT2D eigenvalue weighted by atomic mass is 10.2. The van der Waals surface area contributed by atoms with E-state index < -0.39 is 24.5 Å². The molecule has 0 bridgehead atoms. The molecule has 1 aliphatic rings. The maximum atomic E-state index is 12.2. The van der Waals surface area contributed by atoms with Gasteiger partial charge in [0.1, 0.15) is 13.1 Å². The molecule has 0 aliphatic carbocycles. The molecule has 1 fully saturated rings. The molecule has 7 nitrogen and oxygen atoms in total. The third kappa shape index (κ3) is 4.98. The van der Waals surface area contributed by atoms with Crippen LogP contribution in [0.15, 0.2) is 0 Å². The molecule has 1 saturated heterocycles. The van der Waals surface area contributed by atoms with Gasteiger partial charge >= 0.3 is 12.0 Å². The topological polar surface area (TPSA) is 104 Å². The van der Waals surface area contributed by atoms with Crippen LogP contribution >= 0.6 is 11.8 Å². The first kappa shape index (κ1) is 15.6. The molecule has 0 aromatic carbocycles. The zero-order valence-corrected chi connectivity index (χ0v) is 11.9. The molecule has 0 unspecified atom stereocenters. The standard InChI is InChI=1S/C11H19N3O4S/c1-11(2)7-13(3-4-19-11)10(18)14(5-8(12)15)6-9(16)17/h3-7H2,1-2H3,(H2,12,15)(H,16,17). The van der Waals surface area contributed by atoms with Crippen LogP contribution in [0, 0.1) is 0 Å². The van der Waals surface area contributed by atoms with E-state index in [2.05, 4.69) is 0 Å². The third-order valence-corrected chi connectivity index (χ3v) is 3.94. The highest BCUT2D eigenvalue weighted by Gasteiger charge is 2.32. The number of carboxylic acid groups (broad SMARTS) is 1. The lowest BCUT2D eigenvalue weighted by molar-refractivity contribution is -0.138. The Balaban J connectivity index is 2.74. The van der Waals surface area contributed by atoms with Crippen LogP contribution in [0.4, 0.5) is 4.79 Å². The maximum Gasteiger partial charge on any atom is 0.323 e. The smallest absolute Gasteiger partial charge is 0.323 e. The zero-order chi connectivity index (χ0) is 14.6. The van der Waals surface area contributed by atoms with Gasteiger partial charge in [-0.3, -0.25) is 9.59 Å². The Morgan fingerprint density at radius 3 is 2.47 bits per heavy atom. The summed E-state index contributed by atoms with van der Waals surface area (Å²) in [5.41, 5.74) is 5.04. The van der Waals surface area contributed by atoms with Crippen molar-refractivity contribution < 1.29 is 19.5 Å². The molecule has 19 heavy (non-hydrogen) atoms. The van der Waals surface area contributed by atoms with Crippen LogP contribution < -0.4 is 5.73 Å². The van der Waals surface area contributed by atoms with E-state index in [1.807, 2.05) is 13.8 Å². The number of urea groups is 1. The van der Waals surface area contributed by atoms with Gasteiger partial charge in [0.2, 0.25) is 5.91 Å². The van der Waals surface area contributed by atoms with E-state index in [-0.39, 0.29) is 11.3 Å². The minimum atomic E-state index is -1.17. The second kappa shape index (κ2) is 6.14. The zero-order valence-electron chi connectivity index (χ0n) is 11.1.